The molecule has 0 unspecified atom stereocenters. The summed E-state index contributed by atoms with van der Waals surface area (Å²) < 4.78 is 5.15. The maximum atomic E-state index is 12.2. The molecule has 0 atom stereocenters. The van der Waals surface area contributed by atoms with Crippen LogP contribution in [0, 0.1) is 0 Å². The summed E-state index contributed by atoms with van der Waals surface area (Å²) in [5.41, 5.74) is 2.76. The van der Waals surface area contributed by atoms with Crippen molar-refractivity contribution >= 4 is 5.78 Å². The van der Waals surface area contributed by atoms with E-state index in [0.29, 0.717) is 11.3 Å². The lowest BCUT2D eigenvalue weighted by Crippen LogP contribution is -1.99. The highest BCUT2D eigenvalue weighted by atomic mass is 16.3. The summed E-state index contributed by atoms with van der Waals surface area (Å²) in [6, 6.07) is 21.0. The Labute approximate surface area is 111 Å². The Balaban J connectivity index is 1.99. The van der Waals surface area contributed by atoms with Crippen molar-refractivity contribution < 1.29 is 9.21 Å². The molecule has 0 fully saturated rings. The van der Waals surface area contributed by atoms with Gasteiger partial charge in [0.05, 0.1) is 6.26 Å². The molecule has 2 aromatic carbocycles. The summed E-state index contributed by atoms with van der Waals surface area (Å²) in [7, 11) is 0. The number of ketones is 1. The minimum Gasteiger partial charge on any atom is -0.461 e. The van der Waals surface area contributed by atoms with Crippen molar-refractivity contribution in [1.29, 1.82) is 0 Å². The molecule has 0 amide bonds. The van der Waals surface area contributed by atoms with Crippen LogP contribution in [-0.2, 0) is 0 Å². The van der Waals surface area contributed by atoms with Crippen LogP contribution < -0.4 is 0 Å². The van der Waals surface area contributed by atoms with Crippen molar-refractivity contribution in [3.63, 3.8) is 0 Å². The molecule has 0 saturated carbocycles. The fraction of sp³-hybridized carbons (Fsp3) is 0. The molecule has 0 bridgehead atoms. The Morgan fingerprint density at radius 3 is 2.32 bits per heavy atom. The number of hydrogen-bond acceptors (Lipinski definition) is 2. The van der Waals surface area contributed by atoms with E-state index >= 15 is 0 Å². The molecule has 0 aliphatic heterocycles. The number of rotatable bonds is 3. The van der Waals surface area contributed by atoms with Crippen LogP contribution in [-0.4, -0.2) is 5.78 Å². The zero-order valence-corrected chi connectivity index (χ0v) is 10.2. The molecule has 1 aromatic heterocycles. The number of furan rings is 1. The number of carbonyl (C=O) groups excluding carboxylic acids is 1. The van der Waals surface area contributed by atoms with Crippen molar-refractivity contribution in [2.45, 2.75) is 0 Å². The Hall–Kier alpha value is -2.61. The van der Waals surface area contributed by atoms with Crippen LogP contribution in [0.4, 0.5) is 0 Å². The largest absolute Gasteiger partial charge is 0.461 e. The van der Waals surface area contributed by atoms with Crippen molar-refractivity contribution in [3.8, 4) is 11.1 Å². The molecule has 3 aromatic rings. The highest BCUT2D eigenvalue weighted by molar-refractivity contribution is 6.07. The molecular weight excluding hydrogens is 236 g/mol. The first kappa shape index (κ1) is 11.5. The maximum Gasteiger partial charge on any atom is 0.228 e. The van der Waals surface area contributed by atoms with Gasteiger partial charge in [-0.1, -0.05) is 48.5 Å². The summed E-state index contributed by atoms with van der Waals surface area (Å²) >= 11 is 0. The average Bonchev–Trinajstić information content (AvgIpc) is 3.02. The standard InChI is InChI=1S/C17H12O2/c18-17(16-10-5-11-19-16)15-9-4-8-14(12-15)13-6-2-1-3-7-13/h1-12H. The van der Waals surface area contributed by atoms with Crippen LogP contribution >= 0.6 is 0 Å². The van der Waals surface area contributed by atoms with Crippen molar-refractivity contribution in [1.82, 2.24) is 0 Å². The molecule has 0 aliphatic carbocycles. The van der Waals surface area contributed by atoms with Crippen LogP contribution in [0.15, 0.2) is 77.4 Å². The van der Waals surface area contributed by atoms with Crippen molar-refractivity contribution in [3.05, 3.63) is 84.3 Å². The second-order valence-corrected chi connectivity index (χ2v) is 4.25. The van der Waals surface area contributed by atoms with Crippen LogP contribution in [0.3, 0.4) is 0 Å². The predicted molar refractivity (Wildman–Crippen MR) is 74.0 cm³/mol. The highest BCUT2D eigenvalue weighted by Crippen LogP contribution is 2.21. The smallest absolute Gasteiger partial charge is 0.228 e. The van der Waals surface area contributed by atoms with Gasteiger partial charge in [0.2, 0.25) is 5.78 Å². The Bertz CT molecular complexity index is 682. The summed E-state index contributed by atoms with van der Waals surface area (Å²) in [5.74, 6) is 0.271. The molecule has 2 nitrogen and oxygen atoms in total. The van der Waals surface area contributed by atoms with E-state index in [0.717, 1.165) is 11.1 Å². The van der Waals surface area contributed by atoms with E-state index in [2.05, 4.69) is 0 Å². The molecule has 0 spiro atoms. The molecule has 0 aliphatic rings. The normalized spacial score (nSPS) is 10.3. The number of hydrogen-bond donors (Lipinski definition) is 0. The zero-order chi connectivity index (χ0) is 13.1. The van der Waals surface area contributed by atoms with E-state index in [4.69, 9.17) is 4.42 Å². The lowest BCUT2D eigenvalue weighted by molar-refractivity contribution is 0.101. The first-order chi connectivity index (χ1) is 9.34. The molecule has 0 N–H and O–H groups in total. The number of benzene rings is 2. The second kappa shape index (κ2) is 4.94. The van der Waals surface area contributed by atoms with Gasteiger partial charge in [-0.3, -0.25) is 4.79 Å². The molecule has 2 heteroatoms. The highest BCUT2D eigenvalue weighted by Gasteiger charge is 2.12. The van der Waals surface area contributed by atoms with Crippen LogP contribution in [0.2, 0.25) is 0 Å². The zero-order valence-electron chi connectivity index (χ0n) is 10.2. The molecule has 1 heterocycles. The van der Waals surface area contributed by atoms with Crippen LogP contribution in [0.25, 0.3) is 11.1 Å². The maximum absolute atomic E-state index is 12.2. The second-order valence-electron chi connectivity index (χ2n) is 4.25. The molecule has 0 radical (unpaired) electrons. The third kappa shape index (κ3) is 2.33. The van der Waals surface area contributed by atoms with Crippen molar-refractivity contribution in [2.24, 2.45) is 0 Å². The van der Waals surface area contributed by atoms with Gasteiger partial charge in [0.25, 0.3) is 0 Å². The van der Waals surface area contributed by atoms with Gasteiger partial charge in [-0.15, -0.1) is 0 Å². The quantitative estimate of drug-likeness (QED) is 0.651. The van der Waals surface area contributed by atoms with Gasteiger partial charge in [-0.05, 0) is 29.3 Å². The fourth-order valence-electron chi connectivity index (χ4n) is 2.02. The van der Waals surface area contributed by atoms with E-state index in [9.17, 15) is 4.79 Å². The Morgan fingerprint density at radius 1 is 0.789 bits per heavy atom. The van der Waals surface area contributed by atoms with Crippen molar-refractivity contribution in [2.75, 3.05) is 0 Å². The Morgan fingerprint density at radius 2 is 1.58 bits per heavy atom. The van der Waals surface area contributed by atoms with E-state index in [1.807, 2.05) is 48.5 Å². The van der Waals surface area contributed by atoms with Gasteiger partial charge in [-0.2, -0.15) is 0 Å². The minimum atomic E-state index is -0.0946. The summed E-state index contributed by atoms with van der Waals surface area (Å²) in [5, 5.41) is 0. The van der Waals surface area contributed by atoms with E-state index in [1.54, 1.807) is 18.2 Å². The van der Waals surface area contributed by atoms with E-state index in [-0.39, 0.29) is 5.78 Å². The summed E-state index contributed by atoms with van der Waals surface area (Å²) in [6.45, 7) is 0. The average molecular weight is 248 g/mol. The first-order valence-corrected chi connectivity index (χ1v) is 6.08. The van der Waals surface area contributed by atoms with Crippen LogP contribution in [0.5, 0.6) is 0 Å². The molecular formula is C17H12O2. The predicted octanol–water partition coefficient (Wildman–Crippen LogP) is 4.18. The molecule has 19 heavy (non-hydrogen) atoms. The van der Waals surface area contributed by atoms with Crippen LogP contribution in [0.1, 0.15) is 16.1 Å². The van der Waals surface area contributed by atoms with E-state index < -0.39 is 0 Å². The van der Waals surface area contributed by atoms with Gasteiger partial charge >= 0.3 is 0 Å². The van der Waals surface area contributed by atoms with Gasteiger partial charge in [0.15, 0.2) is 5.76 Å². The third-order valence-electron chi connectivity index (χ3n) is 2.98. The molecule has 3 rings (SSSR count). The van der Waals surface area contributed by atoms with E-state index in [1.165, 1.54) is 6.26 Å². The van der Waals surface area contributed by atoms with Gasteiger partial charge in [-0.25, -0.2) is 0 Å². The monoisotopic (exact) mass is 248 g/mol. The topological polar surface area (TPSA) is 30.2 Å². The molecule has 92 valence electrons. The van der Waals surface area contributed by atoms with Gasteiger partial charge in [0, 0.05) is 5.56 Å². The Kier molecular flexibility index (Phi) is 2.99. The molecule has 0 saturated heterocycles. The lowest BCUT2D eigenvalue weighted by atomic mass is 10.0. The lowest BCUT2D eigenvalue weighted by Gasteiger charge is -2.03. The summed E-state index contributed by atoms with van der Waals surface area (Å²) in [4.78, 5) is 12.2. The van der Waals surface area contributed by atoms with Gasteiger partial charge in [0.1, 0.15) is 0 Å². The number of carbonyl (C=O) groups is 1. The fourth-order valence-corrected chi connectivity index (χ4v) is 2.02. The SMILES string of the molecule is O=C(c1cccc(-c2ccccc2)c1)c1ccco1. The summed E-state index contributed by atoms with van der Waals surface area (Å²) in [6.07, 6.45) is 1.51. The minimum absolute atomic E-state index is 0.0946. The first-order valence-electron chi connectivity index (χ1n) is 6.08. The third-order valence-corrected chi connectivity index (χ3v) is 2.98. The van der Waals surface area contributed by atoms with Gasteiger partial charge < -0.3 is 4.42 Å².